The fourth-order valence-corrected chi connectivity index (χ4v) is 1.51. The van der Waals surface area contributed by atoms with Crippen molar-refractivity contribution < 1.29 is 9.18 Å². The van der Waals surface area contributed by atoms with Gasteiger partial charge in [0.1, 0.15) is 6.17 Å². The zero-order chi connectivity index (χ0) is 11.8. The van der Waals surface area contributed by atoms with Crippen LogP contribution in [0.15, 0.2) is 12.2 Å². The second-order valence-electron chi connectivity index (χ2n) is 3.59. The van der Waals surface area contributed by atoms with Crippen LogP contribution in [0.1, 0.15) is 34.1 Å². The molecule has 0 aromatic heterocycles. The van der Waals surface area contributed by atoms with Crippen LogP contribution in [0.4, 0.5) is 4.39 Å². The zero-order valence-corrected chi connectivity index (χ0v) is 10.2. The van der Waals surface area contributed by atoms with Gasteiger partial charge in [-0.1, -0.05) is 19.9 Å². The van der Waals surface area contributed by atoms with Crippen molar-refractivity contribution in [2.45, 2.75) is 46.3 Å². The van der Waals surface area contributed by atoms with E-state index < -0.39 is 6.17 Å². The molecule has 2 unspecified atom stereocenters. The quantitative estimate of drug-likeness (QED) is 0.674. The van der Waals surface area contributed by atoms with Crippen molar-refractivity contribution in [3.8, 4) is 0 Å². The summed E-state index contributed by atoms with van der Waals surface area (Å²) in [5.74, 6) is 0.0443. The van der Waals surface area contributed by atoms with Gasteiger partial charge in [0.05, 0.1) is 0 Å². The Bertz CT molecular complexity index is 216. The summed E-state index contributed by atoms with van der Waals surface area (Å²) in [6.45, 7) is 8.80. The van der Waals surface area contributed by atoms with Gasteiger partial charge >= 0.3 is 0 Å². The first-order chi connectivity index (χ1) is 7.09. The highest BCUT2D eigenvalue weighted by Crippen LogP contribution is 2.15. The Hall–Kier alpha value is -0.700. The van der Waals surface area contributed by atoms with Gasteiger partial charge in [-0.2, -0.15) is 0 Å². The van der Waals surface area contributed by atoms with Crippen LogP contribution in [0.5, 0.6) is 0 Å². The van der Waals surface area contributed by atoms with Crippen molar-refractivity contribution in [1.29, 1.82) is 0 Å². The molecule has 0 aromatic carbocycles. The van der Waals surface area contributed by atoms with Crippen LogP contribution in [-0.4, -0.2) is 36.0 Å². The van der Waals surface area contributed by atoms with E-state index in [1.54, 1.807) is 6.08 Å². The summed E-state index contributed by atoms with van der Waals surface area (Å²) in [6, 6.07) is 0.171. The molecule has 1 aliphatic heterocycles. The minimum Gasteiger partial charge on any atom is -0.295 e. The highest BCUT2D eigenvalue weighted by molar-refractivity contribution is 5.87. The van der Waals surface area contributed by atoms with E-state index in [4.69, 9.17) is 0 Å². The third-order valence-electron chi connectivity index (χ3n) is 2.35. The molecular weight excluding hydrogens is 193 g/mol. The molecule has 3 heteroatoms. The van der Waals surface area contributed by atoms with Crippen molar-refractivity contribution in [3.63, 3.8) is 0 Å². The molecular formula is C12H22FNO. The molecule has 1 fully saturated rings. The first kappa shape index (κ1) is 14.3. The van der Waals surface area contributed by atoms with E-state index in [1.165, 1.54) is 6.92 Å². The molecule has 1 heterocycles. The first-order valence-electron chi connectivity index (χ1n) is 5.66. The first-order valence-corrected chi connectivity index (χ1v) is 5.66. The Morgan fingerprint density at radius 1 is 1.53 bits per heavy atom. The maximum absolute atomic E-state index is 12.8. The molecule has 0 amide bonds. The fourth-order valence-electron chi connectivity index (χ4n) is 1.51. The number of halogens is 1. The fraction of sp³-hybridized carbons (Fsp3) is 0.750. The Balaban J connectivity index is 0.000000921. The molecule has 0 bridgehead atoms. The van der Waals surface area contributed by atoms with Crippen molar-refractivity contribution >= 4 is 5.78 Å². The Morgan fingerprint density at radius 2 is 2.13 bits per heavy atom. The number of hydrogen-bond acceptors (Lipinski definition) is 2. The summed E-state index contributed by atoms with van der Waals surface area (Å²) < 4.78 is 12.8. The summed E-state index contributed by atoms with van der Waals surface area (Å²) in [5, 5.41) is 0. The lowest BCUT2D eigenvalue weighted by molar-refractivity contribution is -0.112. The van der Waals surface area contributed by atoms with Gasteiger partial charge in [0, 0.05) is 19.1 Å². The van der Waals surface area contributed by atoms with E-state index >= 15 is 0 Å². The second kappa shape index (κ2) is 7.57. The van der Waals surface area contributed by atoms with Gasteiger partial charge < -0.3 is 0 Å². The topological polar surface area (TPSA) is 20.3 Å². The van der Waals surface area contributed by atoms with E-state index in [2.05, 4.69) is 0 Å². The number of likely N-dealkylation sites (tertiary alicyclic amines) is 1. The molecule has 0 N–H and O–H groups in total. The molecule has 0 aliphatic carbocycles. The van der Waals surface area contributed by atoms with Gasteiger partial charge in [-0.3, -0.25) is 9.69 Å². The number of carbonyl (C=O) groups is 1. The summed E-state index contributed by atoms with van der Waals surface area (Å²) in [7, 11) is 0. The molecule has 1 aliphatic rings. The molecule has 0 spiro atoms. The number of alkyl halides is 1. The van der Waals surface area contributed by atoms with Gasteiger partial charge in [0.25, 0.3) is 0 Å². The van der Waals surface area contributed by atoms with Gasteiger partial charge in [-0.05, 0) is 26.3 Å². The average Bonchev–Trinajstić information content (AvgIpc) is 2.64. The van der Waals surface area contributed by atoms with Crippen molar-refractivity contribution in [1.82, 2.24) is 4.90 Å². The molecule has 0 radical (unpaired) electrons. The summed E-state index contributed by atoms with van der Waals surface area (Å²) in [4.78, 5) is 12.7. The number of allylic oxidation sites excluding steroid dienone is 1. The lowest BCUT2D eigenvalue weighted by atomic mass is 10.2. The smallest absolute Gasteiger partial charge is 0.152 e. The molecule has 2 atom stereocenters. The average molecular weight is 215 g/mol. The van der Waals surface area contributed by atoms with Gasteiger partial charge in [-0.15, -0.1) is 0 Å². The molecule has 1 rings (SSSR count). The highest BCUT2D eigenvalue weighted by Gasteiger charge is 2.24. The van der Waals surface area contributed by atoms with E-state index in [-0.39, 0.29) is 11.8 Å². The largest absolute Gasteiger partial charge is 0.295 e. The summed E-state index contributed by atoms with van der Waals surface area (Å²) in [5.41, 5.74) is 0. The van der Waals surface area contributed by atoms with Crippen molar-refractivity contribution in [3.05, 3.63) is 12.2 Å². The van der Waals surface area contributed by atoms with Crippen LogP contribution in [0.25, 0.3) is 0 Å². The van der Waals surface area contributed by atoms with E-state index in [1.807, 2.05) is 31.7 Å². The summed E-state index contributed by atoms with van der Waals surface area (Å²) >= 11 is 0. The summed E-state index contributed by atoms with van der Waals surface area (Å²) in [6.07, 6.45) is 3.32. The minimum atomic E-state index is -0.687. The van der Waals surface area contributed by atoms with Crippen LogP contribution in [-0.2, 0) is 4.79 Å². The standard InChI is InChI=1S/C10H16FNO.C2H6/c1-8(3-4-9(2)13)12-6-5-10(11)7-12;1-2/h3-4,8,10H,5-7H2,1-2H3;1-2H3/b4-3+;. The third-order valence-corrected chi connectivity index (χ3v) is 2.35. The van der Waals surface area contributed by atoms with Gasteiger partial charge in [-0.25, -0.2) is 4.39 Å². The van der Waals surface area contributed by atoms with Crippen molar-refractivity contribution in [2.75, 3.05) is 13.1 Å². The molecule has 0 aromatic rings. The Labute approximate surface area is 92.2 Å². The number of nitrogens with zero attached hydrogens (tertiary/aromatic N) is 1. The molecule has 15 heavy (non-hydrogen) atoms. The number of carbonyl (C=O) groups excluding carboxylic acids is 1. The minimum absolute atomic E-state index is 0.0443. The lowest BCUT2D eigenvalue weighted by Gasteiger charge is -2.19. The monoisotopic (exact) mass is 215 g/mol. The normalized spacial score (nSPS) is 23.7. The van der Waals surface area contributed by atoms with Crippen LogP contribution in [0, 0.1) is 0 Å². The number of hydrogen-bond donors (Lipinski definition) is 0. The van der Waals surface area contributed by atoms with E-state index in [0.29, 0.717) is 13.0 Å². The zero-order valence-electron chi connectivity index (χ0n) is 10.2. The van der Waals surface area contributed by atoms with Crippen LogP contribution < -0.4 is 0 Å². The molecule has 0 saturated carbocycles. The SMILES string of the molecule is CC.CC(=O)/C=C/C(C)N1CCC(F)C1. The maximum atomic E-state index is 12.8. The van der Waals surface area contributed by atoms with Crippen LogP contribution in [0.2, 0.25) is 0 Å². The Morgan fingerprint density at radius 3 is 2.53 bits per heavy atom. The highest BCUT2D eigenvalue weighted by atomic mass is 19.1. The lowest BCUT2D eigenvalue weighted by Crippen LogP contribution is -2.29. The van der Waals surface area contributed by atoms with E-state index in [0.717, 1.165) is 6.54 Å². The number of rotatable bonds is 3. The number of ketones is 1. The van der Waals surface area contributed by atoms with E-state index in [9.17, 15) is 9.18 Å². The van der Waals surface area contributed by atoms with Crippen molar-refractivity contribution in [2.24, 2.45) is 0 Å². The predicted octanol–water partition coefficient (Wildman–Crippen LogP) is 2.59. The van der Waals surface area contributed by atoms with Gasteiger partial charge in [0.2, 0.25) is 0 Å². The maximum Gasteiger partial charge on any atom is 0.152 e. The molecule has 2 nitrogen and oxygen atoms in total. The molecule has 1 saturated heterocycles. The van der Waals surface area contributed by atoms with Crippen LogP contribution in [0.3, 0.4) is 0 Å². The second-order valence-corrected chi connectivity index (χ2v) is 3.59. The third kappa shape index (κ3) is 5.67. The predicted molar refractivity (Wildman–Crippen MR) is 61.7 cm³/mol. The Kier molecular flexibility index (Phi) is 7.22. The van der Waals surface area contributed by atoms with Crippen LogP contribution >= 0.6 is 0 Å². The van der Waals surface area contributed by atoms with Gasteiger partial charge in [0.15, 0.2) is 5.78 Å². The molecule has 88 valence electrons.